The van der Waals surface area contributed by atoms with E-state index < -0.39 is 15.7 Å². The summed E-state index contributed by atoms with van der Waals surface area (Å²) in [4.78, 5) is 18.1. The van der Waals surface area contributed by atoms with Crippen molar-refractivity contribution in [2.45, 2.75) is 4.90 Å². The van der Waals surface area contributed by atoms with Gasteiger partial charge in [0.15, 0.2) is 4.91 Å². The highest BCUT2D eigenvalue weighted by Gasteiger charge is 2.38. The molecule has 1 saturated heterocycles. The molecule has 2 aromatic carbocycles. The minimum Gasteiger partial charge on any atom is -0.378 e. The van der Waals surface area contributed by atoms with Crippen molar-refractivity contribution in [2.75, 3.05) is 50.2 Å². The summed E-state index contributed by atoms with van der Waals surface area (Å²) in [6.45, 7) is 1.50. The molecule has 2 aliphatic heterocycles. The first kappa shape index (κ1) is 20.7. The quantitative estimate of drug-likeness (QED) is 0.720. The van der Waals surface area contributed by atoms with Crippen molar-refractivity contribution in [2.24, 2.45) is 0 Å². The van der Waals surface area contributed by atoms with Crippen molar-refractivity contribution >= 4 is 44.4 Å². The Balaban J connectivity index is 1.84. The average molecular weight is 448 g/mol. The number of hydrogen-bond acceptors (Lipinski definition) is 6. The molecule has 4 rings (SSSR count). The van der Waals surface area contributed by atoms with E-state index in [2.05, 4.69) is 0 Å². The van der Waals surface area contributed by atoms with Gasteiger partial charge < -0.3 is 19.4 Å². The van der Waals surface area contributed by atoms with E-state index in [1.165, 1.54) is 23.2 Å². The van der Waals surface area contributed by atoms with Crippen molar-refractivity contribution in [3.05, 3.63) is 58.6 Å². The number of morpholine rings is 1. The Morgan fingerprint density at radius 2 is 1.73 bits per heavy atom. The summed E-state index contributed by atoms with van der Waals surface area (Å²) >= 11 is 6.17. The third-order valence-electron chi connectivity index (χ3n) is 5.16. The summed E-state index contributed by atoms with van der Waals surface area (Å²) in [5.74, 6) is -0.520. The fraction of sp³-hybridized carbons (Fsp3) is 0.286. The average Bonchev–Trinajstić information content (AvgIpc) is 2.74. The molecule has 1 amide bonds. The monoisotopic (exact) mass is 447 g/mol. The number of carbonyl (C=O) groups excluding carboxylic acids is 1. The maximum absolute atomic E-state index is 13.3. The Hall–Kier alpha value is -2.55. The number of hydrogen-bond donors (Lipinski definition) is 0. The highest BCUT2D eigenvalue weighted by Crippen LogP contribution is 2.41. The lowest BCUT2D eigenvalue weighted by Gasteiger charge is -2.32. The summed E-state index contributed by atoms with van der Waals surface area (Å²) in [7, 11) is -0.108. The fourth-order valence-electron chi connectivity index (χ4n) is 3.50. The Morgan fingerprint density at radius 1 is 1.07 bits per heavy atom. The minimum atomic E-state index is -3.99. The maximum atomic E-state index is 13.3. The number of halogens is 1. The highest BCUT2D eigenvalue weighted by molar-refractivity contribution is 7.96. The molecule has 0 radical (unpaired) electrons. The number of fused-ring (bicyclic) bond motifs is 1. The lowest BCUT2D eigenvalue weighted by atomic mass is 10.2. The van der Waals surface area contributed by atoms with E-state index in [4.69, 9.17) is 16.3 Å². The van der Waals surface area contributed by atoms with Crippen LogP contribution in [-0.2, 0) is 19.4 Å². The van der Waals surface area contributed by atoms with Gasteiger partial charge in [-0.05, 0) is 42.5 Å². The number of sulfone groups is 1. The molecule has 30 heavy (non-hydrogen) atoms. The van der Waals surface area contributed by atoms with Gasteiger partial charge in [0.05, 0.1) is 23.8 Å². The molecule has 1 fully saturated rings. The van der Waals surface area contributed by atoms with Gasteiger partial charge in [0.2, 0.25) is 9.84 Å². The van der Waals surface area contributed by atoms with Gasteiger partial charge in [-0.2, -0.15) is 0 Å². The summed E-state index contributed by atoms with van der Waals surface area (Å²) in [5, 5.41) is 0.412. The number of benzene rings is 2. The Morgan fingerprint density at radius 3 is 2.37 bits per heavy atom. The largest absolute Gasteiger partial charge is 0.378 e. The first-order chi connectivity index (χ1) is 14.3. The molecule has 0 saturated carbocycles. The molecule has 158 valence electrons. The molecule has 0 N–H and O–H groups in total. The fourth-order valence-corrected chi connectivity index (χ4v) is 5.18. The van der Waals surface area contributed by atoms with Gasteiger partial charge in [-0.25, -0.2) is 8.42 Å². The minimum absolute atomic E-state index is 0.0581. The zero-order valence-corrected chi connectivity index (χ0v) is 18.3. The predicted octanol–water partition coefficient (Wildman–Crippen LogP) is 3.03. The maximum Gasteiger partial charge on any atom is 0.267 e. The van der Waals surface area contributed by atoms with Gasteiger partial charge in [0.25, 0.3) is 5.91 Å². The lowest BCUT2D eigenvalue weighted by molar-refractivity contribution is -0.130. The van der Waals surface area contributed by atoms with E-state index in [0.29, 0.717) is 37.0 Å². The molecule has 7 nitrogen and oxygen atoms in total. The van der Waals surface area contributed by atoms with Crippen LogP contribution in [0, 0.1) is 0 Å². The van der Waals surface area contributed by atoms with Gasteiger partial charge in [-0.3, -0.25) is 4.79 Å². The van der Waals surface area contributed by atoms with Gasteiger partial charge >= 0.3 is 0 Å². The predicted molar refractivity (Wildman–Crippen MR) is 117 cm³/mol. The van der Waals surface area contributed by atoms with Crippen LogP contribution in [0.1, 0.15) is 0 Å². The number of nitrogens with zero attached hydrogens (tertiary/aromatic N) is 3. The van der Waals surface area contributed by atoms with Crippen LogP contribution in [-0.4, -0.2) is 59.6 Å². The van der Waals surface area contributed by atoms with Crippen LogP contribution < -0.4 is 9.80 Å². The molecule has 0 aromatic heterocycles. The zero-order valence-electron chi connectivity index (χ0n) is 16.7. The molecule has 2 aliphatic rings. The van der Waals surface area contributed by atoms with Crippen molar-refractivity contribution < 1.29 is 17.9 Å². The van der Waals surface area contributed by atoms with E-state index in [0.717, 1.165) is 11.4 Å². The van der Waals surface area contributed by atoms with Gasteiger partial charge in [0, 0.05) is 49.8 Å². The van der Waals surface area contributed by atoms with Gasteiger partial charge in [-0.1, -0.05) is 11.6 Å². The normalized spacial score (nSPS) is 17.9. The standard InChI is InChI=1S/C21H22ClN3O4S/c1-23(2)16-4-6-17(7-5-16)25-14-20(21(26)24-9-11-29-12-10-24)30(27,28)19-8-3-15(22)13-18(19)25/h3-8,13-14H,9-12H2,1-2H3. The second-order valence-corrected chi connectivity index (χ2v) is 9.62. The second-order valence-electron chi connectivity index (χ2n) is 7.29. The first-order valence-corrected chi connectivity index (χ1v) is 11.4. The molecule has 0 atom stereocenters. The molecule has 0 unspecified atom stereocenters. The Bertz CT molecular complexity index is 1110. The zero-order chi connectivity index (χ0) is 21.5. The van der Waals surface area contributed by atoms with Crippen LogP contribution in [0.5, 0.6) is 0 Å². The first-order valence-electron chi connectivity index (χ1n) is 9.49. The van der Waals surface area contributed by atoms with Crippen LogP contribution in [0.15, 0.2) is 58.5 Å². The van der Waals surface area contributed by atoms with E-state index in [-0.39, 0.29) is 9.80 Å². The van der Waals surface area contributed by atoms with Crippen molar-refractivity contribution in [3.63, 3.8) is 0 Å². The van der Waals surface area contributed by atoms with E-state index >= 15 is 0 Å². The summed E-state index contributed by atoms with van der Waals surface area (Å²) in [6, 6.07) is 12.2. The second kappa shape index (κ2) is 7.94. The molecular weight excluding hydrogens is 426 g/mol. The summed E-state index contributed by atoms with van der Waals surface area (Å²) in [5.41, 5.74) is 2.15. The third kappa shape index (κ3) is 3.66. The molecule has 0 bridgehead atoms. The van der Waals surface area contributed by atoms with E-state index in [1.807, 2.05) is 43.3 Å². The number of carbonyl (C=O) groups is 1. The highest BCUT2D eigenvalue weighted by atomic mass is 35.5. The number of rotatable bonds is 3. The summed E-state index contributed by atoms with van der Waals surface area (Å²) < 4.78 is 31.9. The molecule has 2 aromatic rings. The number of ether oxygens (including phenoxy) is 1. The smallest absolute Gasteiger partial charge is 0.267 e. The van der Waals surface area contributed by atoms with Crippen molar-refractivity contribution in [1.29, 1.82) is 0 Å². The van der Waals surface area contributed by atoms with Crippen molar-refractivity contribution in [1.82, 2.24) is 4.90 Å². The van der Waals surface area contributed by atoms with Crippen molar-refractivity contribution in [3.8, 4) is 0 Å². The number of amides is 1. The molecular formula is C21H22ClN3O4S. The SMILES string of the molecule is CN(C)c1ccc(N2C=C(C(=O)N3CCOCC3)S(=O)(=O)c3ccc(Cl)cc32)cc1. The van der Waals surface area contributed by atoms with E-state index in [9.17, 15) is 13.2 Å². The Kier molecular flexibility index (Phi) is 5.48. The van der Waals surface area contributed by atoms with Crippen LogP contribution in [0.2, 0.25) is 5.02 Å². The van der Waals surface area contributed by atoms with Crippen LogP contribution in [0.3, 0.4) is 0 Å². The molecule has 9 heteroatoms. The topological polar surface area (TPSA) is 70.2 Å². The molecule has 2 heterocycles. The van der Waals surface area contributed by atoms with E-state index in [1.54, 1.807) is 11.0 Å². The third-order valence-corrected chi connectivity index (χ3v) is 7.18. The van der Waals surface area contributed by atoms with Gasteiger partial charge in [-0.15, -0.1) is 0 Å². The summed E-state index contributed by atoms with van der Waals surface area (Å²) in [6.07, 6.45) is 1.40. The van der Waals surface area contributed by atoms with Crippen LogP contribution in [0.4, 0.5) is 17.1 Å². The lowest BCUT2D eigenvalue weighted by Crippen LogP contribution is -2.43. The Labute approximate surface area is 181 Å². The van der Waals surface area contributed by atoms with Crippen LogP contribution in [0.25, 0.3) is 0 Å². The molecule has 0 spiro atoms. The van der Waals surface area contributed by atoms with Crippen LogP contribution >= 0.6 is 11.6 Å². The molecule has 0 aliphatic carbocycles. The number of anilines is 3. The van der Waals surface area contributed by atoms with Gasteiger partial charge in [0.1, 0.15) is 0 Å².